The lowest BCUT2D eigenvalue weighted by Gasteiger charge is -2.04. The Kier molecular flexibility index (Phi) is 5.04. The van der Waals surface area contributed by atoms with E-state index in [2.05, 4.69) is 27.4 Å². The predicted molar refractivity (Wildman–Crippen MR) is 84.4 cm³/mol. The number of amides is 1. The van der Waals surface area contributed by atoms with Gasteiger partial charge in [-0.25, -0.2) is 0 Å². The largest absolute Gasteiger partial charge is 0.320 e. The van der Waals surface area contributed by atoms with Crippen LogP contribution >= 0.6 is 11.3 Å². The molecular formula is C15H16N4OS. The summed E-state index contributed by atoms with van der Waals surface area (Å²) in [6.07, 6.45) is 0.802. The Bertz CT molecular complexity index is 712. The molecule has 0 aliphatic rings. The molecule has 1 aromatic carbocycles. The summed E-state index contributed by atoms with van der Waals surface area (Å²) in [6.45, 7) is 4.21. The molecule has 5 nitrogen and oxygen atoms in total. The first-order valence-corrected chi connectivity index (χ1v) is 7.38. The number of nitrogens with two attached hydrogens (primary N) is 1. The third-order valence-electron chi connectivity index (χ3n) is 2.66. The number of carbonyl (C=O) groups excluding carboxylic acids is 1. The molecule has 0 radical (unpaired) electrons. The van der Waals surface area contributed by atoms with Crippen molar-refractivity contribution in [3.8, 4) is 11.8 Å². The molecular weight excluding hydrogens is 284 g/mol. The molecule has 3 N–H and O–H groups in total. The van der Waals surface area contributed by atoms with Gasteiger partial charge in [-0.1, -0.05) is 30.1 Å². The molecule has 2 aromatic rings. The first-order valence-electron chi connectivity index (χ1n) is 6.56. The zero-order chi connectivity index (χ0) is 15.2. The van der Waals surface area contributed by atoms with Crippen LogP contribution in [-0.2, 0) is 6.42 Å². The van der Waals surface area contributed by atoms with Gasteiger partial charge in [-0.2, -0.15) is 0 Å². The third-order valence-corrected chi connectivity index (χ3v) is 3.65. The summed E-state index contributed by atoms with van der Waals surface area (Å²) in [6, 6.07) is 5.47. The van der Waals surface area contributed by atoms with Crippen molar-refractivity contribution in [2.45, 2.75) is 20.3 Å². The number of aromatic nitrogens is 2. The standard InChI is InChI=1S/C15H16N4OS/c1-3-13-18-19-15(21-13)17-14(20)12-8-10(2)7-11(9-12)5-4-6-16/h7-9H,3,6,16H2,1-2H3,(H,17,19,20). The highest BCUT2D eigenvalue weighted by Gasteiger charge is 2.10. The van der Waals surface area contributed by atoms with Crippen LogP contribution in [0.1, 0.15) is 33.4 Å². The van der Waals surface area contributed by atoms with Crippen molar-refractivity contribution in [3.05, 3.63) is 39.9 Å². The van der Waals surface area contributed by atoms with E-state index in [4.69, 9.17) is 5.73 Å². The fourth-order valence-corrected chi connectivity index (χ4v) is 2.43. The summed E-state index contributed by atoms with van der Waals surface area (Å²) in [5.74, 6) is 5.51. The Morgan fingerprint density at radius 2 is 2.19 bits per heavy atom. The summed E-state index contributed by atoms with van der Waals surface area (Å²) in [5, 5.41) is 12.1. The molecule has 1 aromatic heterocycles. The van der Waals surface area contributed by atoms with E-state index in [-0.39, 0.29) is 5.91 Å². The van der Waals surface area contributed by atoms with Gasteiger partial charge in [-0.3, -0.25) is 10.1 Å². The van der Waals surface area contributed by atoms with E-state index in [0.717, 1.165) is 22.6 Å². The summed E-state index contributed by atoms with van der Waals surface area (Å²) in [7, 11) is 0. The SMILES string of the molecule is CCc1nnc(NC(=O)c2cc(C)cc(C#CCN)c2)s1. The highest BCUT2D eigenvalue weighted by Crippen LogP contribution is 2.17. The molecule has 0 spiro atoms. The first-order chi connectivity index (χ1) is 10.1. The Balaban J connectivity index is 2.20. The van der Waals surface area contributed by atoms with Crippen molar-refractivity contribution < 1.29 is 4.79 Å². The van der Waals surface area contributed by atoms with E-state index in [1.54, 1.807) is 6.07 Å². The lowest BCUT2D eigenvalue weighted by molar-refractivity contribution is 0.102. The minimum absolute atomic E-state index is 0.215. The van der Waals surface area contributed by atoms with Crippen LogP contribution in [-0.4, -0.2) is 22.6 Å². The summed E-state index contributed by atoms with van der Waals surface area (Å²) in [5.41, 5.74) is 7.65. The van der Waals surface area contributed by atoms with Crippen molar-refractivity contribution in [2.75, 3.05) is 11.9 Å². The molecule has 6 heteroatoms. The van der Waals surface area contributed by atoms with Gasteiger partial charge in [-0.15, -0.1) is 10.2 Å². The molecule has 0 atom stereocenters. The molecule has 108 valence electrons. The summed E-state index contributed by atoms with van der Waals surface area (Å²) in [4.78, 5) is 12.2. The van der Waals surface area contributed by atoms with Crippen molar-refractivity contribution >= 4 is 22.4 Å². The molecule has 0 aliphatic heterocycles. The van der Waals surface area contributed by atoms with Crippen LogP contribution in [0.25, 0.3) is 0 Å². The van der Waals surface area contributed by atoms with Gasteiger partial charge >= 0.3 is 0 Å². The van der Waals surface area contributed by atoms with Crippen LogP contribution in [0, 0.1) is 18.8 Å². The van der Waals surface area contributed by atoms with E-state index < -0.39 is 0 Å². The van der Waals surface area contributed by atoms with Gasteiger partial charge in [0.15, 0.2) is 0 Å². The Morgan fingerprint density at radius 3 is 2.86 bits per heavy atom. The van der Waals surface area contributed by atoms with E-state index in [1.165, 1.54) is 11.3 Å². The van der Waals surface area contributed by atoms with Crippen LogP contribution in [0.5, 0.6) is 0 Å². The van der Waals surface area contributed by atoms with Crippen LogP contribution in [0.15, 0.2) is 18.2 Å². The maximum absolute atomic E-state index is 12.2. The zero-order valence-corrected chi connectivity index (χ0v) is 12.8. The number of rotatable bonds is 3. The van der Waals surface area contributed by atoms with Crippen LogP contribution in [0.3, 0.4) is 0 Å². The van der Waals surface area contributed by atoms with E-state index in [9.17, 15) is 4.79 Å². The van der Waals surface area contributed by atoms with E-state index in [1.807, 2.05) is 26.0 Å². The average Bonchev–Trinajstić information content (AvgIpc) is 2.92. The molecule has 0 fully saturated rings. The molecule has 2 rings (SSSR count). The second kappa shape index (κ2) is 6.97. The van der Waals surface area contributed by atoms with Gasteiger partial charge in [0.05, 0.1) is 6.54 Å². The normalized spacial score (nSPS) is 9.86. The lowest BCUT2D eigenvalue weighted by Crippen LogP contribution is -2.12. The molecule has 0 aliphatic carbocycles. The van der Waals surface area contributed by atoms with Gasteiger partial charge in [0, 0.05) is 11.1 Å². The molecule has 0 saturated heterocycles. The minimum atomic E-state index is -0.215. The first kappa shape index (κ1) is 15.2. The predicted octanol–water partition coefficient (Wildman–Crippen LogP) is 1.97. The molecule has 0 saturated carbocycles. The quantitative estimate of drug-likeness (QED) is 0.849. The number of nitrogens with zero attached hydrogens (tertiary/aromatic N) is 2. The zero-order valence-electron chi connectivity index (χ0n) is 11.9. The van der Waals surface area contributed by atoms with Crippen molar-refractivity contribution in [1.82, 2.24) is 10.2 Å². The maximum Gasteiger partial charge on any atom is 0.257 e. The number of carbonyl (C=O) groups is 1. The van der Waals surface area contributed by atoms with Crippen LogP contribution < -0.4 is 11.1 Å². The number of hydrogen-bond acceptors (Lipinski definition) is 5. The monoisotopic (exact) mass is 300 g/mol. The number of hydrogen-bond donors (Lipinski definition) is 2. The van der Waals surface area contributed by atoms with Crippen molar-refractivity contribution in [2.24, 2.45) is 5.73 Å². The topological polar surface area (TPSA) is 80.9 Å². The molecule has 1 heterocycles. The fourth-order valence-electron chi connectivity index (χ4n) is 1.76. The van der Waals surface area contributed by atoms with Gasteiger partial charge in [0.25, 0.3) is 5.91 Å². The van der Waals surface area contributed by atoms with Crippen molar-refractivity contribution in [3.63, 3.8) is 0 Å². The Morgan fingerprint density at radius 1 is 1.38 bits per heavy atom. The van der Waals surface area contributed by atoms with E-state index in [0.29, 0.717) is 17.2 Å². The Labute approximate surface area is 127 Å². The third kappa shape index (κ3) is 4.12. The average molecular weight is 300 g/mol. The number of benzene rings is 1. The smallest absolute Gasteiger partial charge is 0.257 e. The maximum atomic E-state index is 12.2. The number of anilines is 1. The Hall–Kier alpha value is -2.23. The second-order valence-electron chi connectivity index (χ2n) is 4.40. The number of nitrogens with one attached hydrogen (secondary N) is 1. The van der Waals surface area contributed by atoms with Gasteiger partial charge in [0.2, 0.25) is 5.13 Å². The lowest BCUT2D eigenvalue weighted by atomic mass is 10.1. The van der Waals surface area contributed by atoms with Gasteiger partial charge in [0.1, 0.15) is 5.01 Å². The molecule has 0 unspecified atom stereocenters. The van der Waals surface area contributed by atoms with Crippen molar-refractivity contribution in [1.29, 1.82) is 0 Å². The molecule has 21 heavy (non-hydrogen) atoms. The van der Waals surface area contributed by atoms with Crippen LogP contribution in [0.4, 0.5) is 5.13 Å². The highest BCUT2D eigenvalue weighted by molar-refractivity contribution is 7.15. The number of aryl methyl sites for hydroxylation is 2. The van der Waals surface area contributed by atoms with Gasteiger partial charge in [-0.05, 0) is 37.1 Å². The second-order valence-corrected chi connectivity index (χ2v) is 5.46. The highest BCUT2D eigenvalue weighted by atomic mass is 32.1. The molecule has 1 amide bonds. The summed E-state index contributed by atoms with van der Waals surface area (Å²) < 4.78 is 0. The summed E-state index contributed by atoms with van der Waals surface area (Å²) >= 11 is 1.38. The minimum Gasteiger partial charge on any atom is -0.320 e. The van der Waals surface area contributed by atoms with E-state index >= 15 is 0 Å². The van der Waals surface area contributed by atoms with Gasteiger partial charge < -0.3 is 5.73 Å². The molecule has 0 bridgehead atoms. The van der Waals surface area contributed by atoms with Crippen LogP contribution in [0.2, 0.25) is 0 Å². The fraction of sp³-hybridized carbons (Fsp3) is 0.267.